The number of piperazine rings is 1. The molecule has 0 aromatic carbocycles. The number of rotatable bonds is 2. The van der Waals surface area contributed by atoms with E-state index in [2.05, 4.69) is 31.1 Å². The Morgan fingerprint density at radius 2 is 2.25 bits per heavy atom. The molecule has 0 radical (unpaired) electrons. The fraction of sp³-hybridized carbons (Fsp3) is 1.00. The van der Waals surface area contributed by atoms with Gasteiger partial charge in [-0.2, -0.15) is 0 Å². The number of hydrogen-bond acceptors (Lipinski definition) is 3. The summed E-state index contributed by atoms with van der Waals surface area (Å²) < 4.78 is 0. The van der Waals surface area contributed by atoms with E-state index in [-0.39, 0.29) is 5.54 Å². The molecule has 0 saturated carbocycles. The summed E-state index contributed by atoms with van der Waals surface area (Å²) in [5, 5.41) is 3.39. The molecule has 1 heterocycles. The molecule has 1 aliphatic heterocycles. The third-order valence-corrected chi connectivity index (χ3v) is 2.41. The normalized spacial score (nSPS) is 27.5. The number of nitrogens with one attached hydrogen (secondary N) is 1. The maximum absolute atomic E-state index is 5.97. The van der Waals surface area contributed by atoms with E-state index in [4.69, 9.17) is 5.73 Å². The fourth-order valence-corrected chi connectivity index (χ4v) is 1.70. The molecule has 0 aliphatic carbocycles. The van der Waals surface area contributed by atoms with Crippen molar-refractivity contribution in [1.82, 2.24) is 10.2 Å². The molecule has 72 valence electrons. The van der Waals surface area contributed by atoms with Gasteiger partial charge in [0.2, 0.25) is 0 Å². The van der Waals surface area contributed by atoms with E-state index < -0.39 is 0 Å². The Hall–Kier alpha value is -0.120. The zero-order chi connectivity index (χ0) is 9.19. The quantitative estimate of drug-likeness (QED) is 0.615. The van der Waals surface area contributed by atoms with Crippen molar-refractivity contribution in [3.63, 3.8) is 0 Å². The Morgan fingerprint density at radius 3 is 2.75 bits per heavy atom. The molecule has 12 heavy (non-hydrogen) atoms. The Bertz CT molecular complexity index is 139. The van der Waals surface area contributed by atoms with E-state index in [1.807, 2.05) is 0 Å². The number of nitrogens with two attached hydrogens (primary N) is 1. The molecule has 0 aromatic heterocycles. The maximum atomic E-state index is 5.97. The minimum Gasteiger partial charge on any atom is -0.326 e. The topological polar surface area (TPSA) is 41.3 Å². The van der Waals surface area contributed by atoms with Crippen molar-refractivity contribution >= 4 is 0 Å². The van der Waals surface area contributed by atoms with Gasteiger partial charge in [-0.1, -0.05) is 0 Å². The summed E-state index contributed by atoms with van der Waals surface area (Å²) in [5.74, 6) is 0. The predicted molar refractivity (Wildman–Crippen MR) is 52.2 cm³/mol. The largest absolute Gasteiger partial charge is 0.326 e. The fourth-order valence-electron chi connectivity index (χ4n) is 1.70. The lowest BCUT2D eigenvalue weighted by Crippen LogP contribution is -2.53. The molecule has 3 nitrogen and oxygen atoms in total. The van der Waals surface area contributed by atoms with Gasteiger partial charge < -0.3 is 16.0 Å². The summed E-state index contributed by atoms with van der Waals surface area (Å²) >= 11 is 0. The molecule has 1 saturated heterocycles. The average Bonchev–Trinajstić information content (AvgIpc) is 1.91. The van der Waals surface area contributed by atoms with Crippen LogP contribution in [0.5, 0.6) is 0 Å². The molecular formula is C9H21N3. The first-order chi connectivity index (χ1) is 5.49. The highest BCUT2D eigenvalue weighted by Crippen LogP contribution is 2.13. The average molecular weight is 171 g/mol. The second-order valence-electron chi connectivity index (χ2n) is 4.53. The van der Waals surface area contributed by atoms with Crippen LogP contribution < -0.4 is 11.1 Å². The number of hydrogen-bond donors (Lipinski definition) is 2. The third-order valence-electron chi connectivity index (χ3n) is 2.41. The van der Waals surface area contributed by atoms with E-state index >= 15 is 0 Å². The Morgan fingerprint density at radius 1 is 1.58 bits per heavy atom. The third kappa shape index (κ3) is 3.09. The minimum absolute atomic E-state index is 0.0437. The van der Waals surface area contributed by atoms with Gasteiger partial charge in [0, 0.05) is 31.2 Å². The van der Waals surface area contributed by atoms with Gasteiger partial charge in [-0.3, -0.25) is 0 Å². The van der Waals surface area contributed by atoms with Crippen LogP contribution in [-0.2, 0) is 0 Å². The smallest absolute Gasteiger partial charge is 0.0235 e. The summed E-state index contributed by atoms with van der Waals surface area (Å²) in [7, 11) is 2.18. The first-order valence-corrected chi connectivity index (χ1v) is 4.69. The summed E-state index contributed by atoms with van der Waals surface area (Å²) in [6, 6.07) is 0.610. The number of likely N-dealkylation sites (N-methyl/N-ethyl adjacent to an activating group) is 1. The van der Waals surface area contributed by atoms with Crippen molar-refractivity contribution in [2.24, 2.45) is 5.73 Å². The van der Waals surface area contributed by atoms with E-state index in [0.29, 0.717) is 6.04 Å². The van der Waals surface area contributed by atoms with Gasteiger partial charge in [-0.05, 0) is 27.3 Å². The van der Waals surface area contributed by atoms with Crippen molar-refractivity contribution in [1.29, 1.82) is 0 Å². The van der Waals surface area contributed by atoms with Gasteiger partial charge in [0.05, 0.1) is 0 Å². The van der Waals surface area contributed by atoms with Crippen LogP contribution in [0.2, 0.25) is 0 Å². The van der Waals surface area contributed by atoms with Crippen molar-refractivity contribution < 1.29 is 0 Å². The van der Waals surface area contributed by atoms with E-state index in [9.17, 15) is 0 Å². The molecule has 1 unspecified atom stereocenters. The van der Waals surface area contributed by atoms with Crippen molar-refractivity contribution in [2.75, 3.05) is 26.7 Å². The van der Waals surface area contributed by atoms with Gasteiger partial charge in [0.25, 0.3) is 0 Å². The standard InChI is InChI=1S/C9H21N3/c1-9(2,10)6-8-7-11-4-5-12(8)3/h8,11H,4-7,10H2,1-3H3. The van der Waals surface area contributed by atoms with Gasteiger partial charge >= 0.3 is 0 Å². The van der Waals surface area contributed by atoms with Crippen molar-refractivity contribution in [2.45, 2.75) is 31.8 Å². The lowest BCUT2D eigenvalue weighted by molar-refractivity contribution is 0.168. The van der Waals surface area contributed by atoms with Gasteiger partial charge in [0.15, 0.2) is 0 Å². The second kappa shape index (κ2) is 3.73. The monoisotopic (exact) mass is 171 g/mol. The first kappa shape index (κ1) is 9.96. The van der Waals surface area contributed by atoms with Crippen LogP contribution in [0.15, 0.2) is 0 Å². The lowest BCUT2D eigenvalue weighted by Gasteiger charge is -2.36. The van der Waals surface area contributed by atoms with Crippen LogP contribution in [0.25, 0.3) is 0 Å². The van der Waals surface area contributed by atoms with E-state index in [1.165, 1.54) is 0 Å². The summed E-state index contributed by atoms with van der Waals surface area (Å²) in [4.78, 5) is 2.39. The Kier molecular flexibility index (Phi) is 3.09. The molecule has 1 fully saturated rings. The highest BCUT2D eigenvalue weighted by atomic mass is 15.2. The lowest BCUT2D eigenvalue weighted by atomic mass is 9.95. The molecule has 0 amide bonds. The van der Waals surface area contributed by atoms with Crippen LogP contribution in [0.1, 0.15) is 20.3 Å². The molecule has 1 aliphatic rings. The van der Waals surface area contributed by atoms with Gasteiger partial charge in [-0.15, -0.1) is 0 Å². The Balaban J connectivity index is 2.39. The van der Waals surface area contributed by atoms with Crippen LogP contribution in [-0.4, -0.2) is 43.2 Å². The Labute approximate surface area is 75.3 Å². The molecule has 1 atom stereocenters. The molecular weight excluding hydrogens is 150 g/mol. The molecule has 3 N–H and O–H groups in total. The molecule has 0 aromatic rings. The second-order valence-corrected chi connectivity index (χ2v) is 4.53. The van der Waals surface area contributed by atoms with Crippen LogP contribution >= 0.6 is 0 Å². The first-order valence-electron chi connectivity index (χ1n) is 4.69. The zero-order valence-corrected chi connectivity index (χ0v) is 8.43. The van der Waals surface area contributed by atoms with Gasteiger partial charge in [-0.25, -0.2) is 0 Å². The van der Waals surface area contributed by atoms with Crippen LogP contribution in [0.3, 0.4) is 0 Å². The highest BCUT2D eigenvalue weighted by molar-refractivity contribution is 4.85. The van der Waals surface area contributed by atoms with E-state index in [0.717, 1.165) is 26.1 Å². The SMILES string of the molecule is CN1CCNCC1CC(C)(C)N. The molecule has 0 spiro atoms. The molecule has 1 rings (SSSR count). The summed E-state index contributed by atoms with van der Waals surface area (Å²) in [5.41, 5.74) is 5.93. The zero-order valence-electron chi connectivity index (χ0n) is 8.43. The van der Waals surface area contributed by atoms with Crippen molar-refractivity contribution in [3.8, 4) is 0 Å². The number of nitrogens with zero attached hydrogens (tertiary/aromatic N) is 1. The predicted octanol–water partition coefficient (Wildman–Crippen LogP) is 0.0174. The molecule has 3 heteroatoms. The maximum Gasteiger partial charge on any atom is 0.0235 e. The van der Waals surface area contributed by atoms with E-state index in [1.54, 1.807) is 0 Å². The summed E-state index contributed by atoms with van der Waals surface area (Å²) in [6.07, 6.45) is 1.07. The van der Waals surface area contributed by atoms with Gasteiger partial charge in [0.1, 0.15) is 0 Å². The van der Waals surface area contributed by atoms with Crippen molar-refractivity contribution in [3.05, 3.63) is 0 Å². The minimum atomic E-state index is -0.0437. The summed E-state index contributed by atoms with van der Waals surface area (Å²) in [6.45, 7) is 7.51. The van der Waals surface area contributed by atoms with Crippen LogP contribution in [0, 0.1) is 0 Å². The molecule has 0 bridgehead atoms. The van der Waals surface area contributed by atoms with Crippen LogP contribution in [0.4, 0.5) is 0 Å². The highest BCUT2D eigenvalue weighted by Gasteiger charge is 2.24.